The molecule has 1 rings (SSSR count). The number of carbonyl (C=O) groups excluding carboxylic acids is 1. The Morgan fingerprint density at radius 3 is 2.56 bits per heavy atom. The highest BCUT2D eigenvalue weighted by Gasteiger charge is 2.09. The van der Waals surface area contributed by atoms with Gasteiger partial charge < -0.3 is 11.1 Å². The molecule has 0 spiro atoms. The van der Waals surface area contributed by atoms with E-state index >= 15 is 0 Å². The highest BCUT2D eigenvalue weighted by Crippen LogP contribution is 2.20. The first kappa shape index (κ1) is 12.0. The van der Waals surface area contributed by atoms with Gasteiger partial charge in [0.25, 0.3) is 0 Å². The van der Waals surface area contributed by atoms with Gasteiger partial charge >= 0.3 is 6.03 Å². The number of anilines is 1. The van der Waals surface area contributed by atoms with Gasteiger partial charge in [-0.25, -0.2) is 9.18 Å². The molecule has 16 heavy (non-hydrogen) atoms. The molecule has 1 aromatic carbocycles. The number of rotatable bonds is 1. The summed E-state index contributed by atoms with van der Waals surface area (Å²) in [6.45, 7) is 3.48. The highest BCUT2D eigenvalue weighted by atomic mass is 19.1. The van der Waals surface area contributed by atoms with E-state index in [1.165, 1.54) is 6.07 Å². The summed E-state index contributed by atoms with van der Waals surface area (Å²) in [5, 5.41) is 11.8. The van der Waals surface area contributed by atoms with E-state index in [0.29, 0.717) is 5.56 Å². The Morgan fingerprint density at radius 2 is 2.06 bits per heavy atom. The van der Waals surface area contributed by atoms with Crippen LogP contribution in [0.5, 0.6) is 0 Å². The normalized spacial score (nSPS) is 9.69. The molecule has 6 heteroatoms. The van der Waals surface area contributed by atoms with Crippen molar-refractivity contribution >= 4 is 17.7 Å². The van der Waals surface area contributed by atoms with Crippen LogP contribution in [0.4, 0.5) is 14.9 Å². The first-order valence-electron chi connectivity index (χ1n) is 4.59. The number of halogens is 1. The third kappa shape index (κ3) is 2.94. The maximum Gasteiger partial charge on any atom is 0.318 e. The fourth-order valence-corrected chi connectivity index (χ4v) is 1.35. The van der Waals surface area contributed by atoms with Gasteiger partial charge in [0.05, 0.1) is 5.69 Å². The van der Waals surface area contributed by atoms with E-state index in [4.69, 9.17) is 11.1 Å². The van der Waals surface area contributed by atoms with E-state index in [-0.39, 0.29) is 11.6 Å². The summed E-state index contributed by atoms with van der Waals surface area (Å²) in [6, 6.07) is 2.23. The predicted molar refractivity (Wildman–Crippen MR) is 59.9 cm³/mol. The standard InChI is InChI=1S/C10H13FN4O/c1-5-3-6(2)8(7(11)4-5)14-9(12)15-10(13)16/h3-4H,1-2H3,(H5,12,13,14,15,16). The van der Waals surface area contributed by atoms with Crippen LogP contribution in [0.3, 0.4) is 0 Å². The second-order valence-corrected chi connectivity index (χ2v) is 3.43. The van der Waals surface area contributed by atoms with Gasteiger partial charge in [-0.2, -0.15) is 0 Å². The van der Waals surface area contributed by atoms with Crippen molar-refractivity contribution in [1.29, 1.82) is 5.41 Å². The smallest absolute Gasteiger partial charge is 0.318 e. The van der Waals surface area contributed by atoms with E-state index in [1.54, 1.807) is 19.9 Å². The number of nitrogens with one attached hydrogen (secondary N) is 3. The third-order valence-electron chi connectivity index (χ3n) is 1.93. The molecule has 0 bridgehead atoms. The molecule has 0 atom stereocenters. The highest BCUT2D eigenvalue weighted by molar-refractivity contribution is 6.01. The van der Waals surface area contributed by atoms with Crippen LogP contribution >= 0.6 is 0 Å². The first-order valence-corrected chi connectivity index (χ1v) is 4.59. The summed E-state index contributed by atoms with van der Waals surface area (Å²) in [4.78, 5) is 10.5. The number of hydrogen-bond donors (Lipinski definition) is 4. The molecule has 0 radical (unpaired) electrons. The van der Waals surface area contributed by atoms with Crippen molar-refractivity contribution in [3.8, 4) is 0 Å². The summed E-state index contributed by atoms with van der Waals surface area (Å²) in [6.07, 6.45) is 0. The second kappa shape index (κ2) is 4.61. The third-order valence-corrected chi connectivity index (χ3v) is 1.93. The molecular formula is C10H13FN4O. The summed E-state index contributed by atoms with van der Waals surface area (Å²) < 4.78 is 13.5. The maximum atomic E-state index is 13.5. The minimum Gasteiger partial charge on any atom is -0.351 e. The van der Waals surface area contributed by atoms with Gasteiger partial charge in [0.1, 0.15) is 5.82 Å². The van der Waals surface area contributed by atoms with Gasteiger partial charge in [-0.05, 0) is 31.0 Å². The lowest BCUT2D eigenvalue weighted by atomic mass is 10.1. The van der Waals surface area contributed by atoms with Crippen LogP contribution in [-0.4, -0.2) is 12.0 Å². The Labute approximate surface area is 92.3 Å². The number of primary amides is 1. The number of guanidine groups is 1. The van der Waals surface area contributed by atoms with Gasteiger partial charge in [-0.3, -0.25) is 10.7 Å². The van der Waals surface area contributed by atoms with Crippen molar-refractivity contribution in [3.63, 3.8) is 0 Å². The molecule has 0 aliphatic carbocycles. The Kier molecular flexibility index (Phi) is 3.44. The summed E-state index contributed by atoms with van der Waals surface area (Å²) in [7, 11) is 0. The molecule has 0 saturated carbocycles. The van der Waals surface area contributed by atoms with Crippen molar-refractivity contribution in [1.82, 2.24) is 5.32 Å². The predicted octanol–water partition coefficient (Wildman–Crippen LogP) is 1.46. The van der Waals surface area contributed by atoms with Crippen LogP contribution in [0.25, 0.3) is 0 Å². The molecule has 5 nitrogen and oxygen atoms in total. The van der Waals surface area contributed by atoms with E-state index in [2.05, 4.69) is 5.32 Å². The van der Waals surface area contributed by atoms with Gasteiger partial charge in [-0.1, -0.05) is 6.07 Å². The zero-order valence-electron chi connectivity index (χ0n) is 9.02. The van der Waals surface area contributed by atoms with Crippen molar-refractivity contribution in [2.75, 3.05) is 5.32 Å². The topological polar surface area (TPSA) is 91.0 Å². The summed E-state index contributed by atoms with van der Waals surface area (Å²) in [5.41, 5.74) is 6.41. The second-order valence-electron chi connectivity index (χ2n) is 3.43. The number of benzene rings is 1. The fraction of sp³-hybridized carbons (Fsp3) is 0.200. The lowest BCUT2D eigenvalue weighted by Gasteiger charge is -2.12. The monoisotopic (exact) mass is 224 g/mol. The van der Waals surface area contributed by atoms with Gasteiger partial charge in [-0.15, -0.1) is 0 Å². The van der Waals surface area contributed by atoms with Gasteiger partial charge in [0, 0.05) is 0 Å². The van der Waals surface area contributed by atoms with E-state index in [9.17, 15) is 9.18 Å². The van der Waals surface area contributed by atoms with Crippen molar-refractivity contribution in [3.05, 3.63) is 29.1 Å². The number of hydrogen-bond acceptors (Lipinski definition) is 2. The van der Waals surface area contributed by atoms with E-state index in [1.807, 2.05) is 5.32 Å². The van der Waals surface area contributed by atoms with Crippen LogP contribution in [0.2, 0.25) is 0 Å². The number of nitrogens with two attached hydrogens (primary N) is 1. The van der Waals surface area contributed by atoms with Crippen LogP contribution in [0.1, 0.15) is 11.1 Å². The Morgan fingerprint density at radius 1 is 1.44 bits per heavy atom. The summed E-state index contributed by atoms with van der Waals surface area (Å²) >= 11 is 0. The summed E-state index contributed by atoms with van der Waals surface area (Å²) in [5.74, 6) is -0.841. The van der Waals surface area contributed by atoms with Crippen molar-refractivity contribution in [2.24, 2.45) is 5.73 Å². The number of amides is 2. The number of carbonyl (C=O) groups is 1. The van der Waals surface area contributed by atoms with Crippen LogP contribution in [0.15, 0.2) is 12.1 Å². The van der Waals surface area contributed by atoms with Crippen molar-refractivity contribution in [2.45, 2.75) is 13.8 Å². The molecule has 0 aliphatic heterocycles. The molecule has 0 unspecified atom stereocenters. The number of aryl methyl sites for hydroxylation is 2. The number of urea groups is 1. The SMILES string of the molecule is Cc1cc(C)c(NC(=N)NC(N)=O)c(F)c1. The van der Waals surface area contributed by atoms with E-state index in [0.717, 1.165) is 5.56 Å². The largest absolute Gasteiger partial charge is 0.351 e. The van der Waals surface area contributed by atoms with Gasteiger partial charge in [0.15, 0.2) is 0 Å². The minimum absolute atomic E-state index is 0.157. The molecule has 0 aromatic heterocycles. The Balaban J connectivity index is 2.89. The average molecular weight is 224 g/mol. The first-order chi connectivity index (χ1) is 7.40. The van der Waals surface area contributed by atoms with Gasteiger partial charge in [0.2, 0.25) is 5.96 Å². The van der Waals surface area contributed by atoms with Crippen LogP contribution in [0, 0.1) is 25.1 Å². The lowest BCUT2D eigenvalue weighted by molar-refractivity contribution is 0.253. The molecule has 1 aromatic rings. The minimum atomic E-state index is -0.873. The zero-order valence-corrected chi connectivity index (χ0v) is 9.02. The molecule has 2 amide bonds. The zero-order chi connectivity index (χ0) is 12.3. The molecule has 5 N–H and O–H groups in total. The molecule has 0 fully saturated rings. The molecule has 0 saturated heterocycles. The Bertz CT molecular complexity index is 421. The van der Waals surface area contributed by atoms with Crippen LogP contribution in [-0.2, 0) is 0 Å². The van der Waals surface area contributed by atoms with E-state index < -0.39 is 11.8 Å². The molecule has 0 heterocycles. The molecule has 86 valence electrons. The lowest BCUT2D eigenvalue weighted by Crippen LogP contribution is -2.39. The maximum absolute atomic E-state index is 13.5. The average Bonchev–Trinajstić information content (AvgIpc) is 2.09. The molecular weight excluding hydrogens is 211 g/mol. The quantitative estimate of drug-likeness (QED) is 0.429. The molecule has 0 aliphatic rings. The Hall–Kier alpha value is -2.11. The van der Waals surface area contributed by atoms with Crippen molar-refractivity contribution < 1.29 is 9.18 Å². The fourth-order valence-electron chi connectivity index (χ4n) is 1.35. The van der Waals surface area contributed by atoms with Crippen LogP contribution < -0.4 is 16.4 Å².